The number of pyridine rings is 1. The van der Waals surface area contributed by atoms with Crippen molar-refractivity contribution in [2.24, 2.45) is 0 Å². The number of halogens is 1. The van der Waals surface area contributed by atoms with Gasteiger partial charge >= 0.3 is 0 Å². The number of aromatic hydroxyl groups is 1. The highest BCUT2D eigenvalue weighted by Gasteiger charge is 2.10. The molecule has 1 N–H and O–H groups in total. The van der Waals surface area contributed by atoms with E-state index in [0.29, 0.717) is 5.75 Å². The molecular weight excluding hydrogens is 320 g/mol. The third-order valence-electron chi connectivity index (χ3n) is 2.96. The highest BCUT2D eigenvalue weighted by molar-refractivity contribution is 9.10. The van der Waals surface area contributed by atoms with Crippen LogP contribution in [0.4, 0.5) is 0 Å². The van der Waals surface area contributed by atoms with Crippen LogP contribution >= 0.6 is 15.9 Å². The quantitative estimate of drug-likeness (QED) is 0.910. The van der Waals surface area contributed by atoms with Crippen LogP contribution in [0.15, 0.2) is 41.1 Å². The number of phenolic OH excluding ortho intramolecular Hbond substituents is 1. The lowest BCUT2D eigenvalue weighted by Crippen LogP contribution is -2.17. The molecule has 2 rings (SSSR count). The van der Waals surface area contributed by atoms with E-state index in [0.717, 1.165) is 28.7 Å². The third-order valence-corrected chi connectivity index (χ3v) is 3.70. The number of aromatic nitrogens is 1. The Hall–Kier alpha value is -1.59. The van der Waals surface area contributed by atoms with Crippen LogP contribution in [-0.2, 0) is 13.1 Å². The molecule has 1 aromatic carbocycles. The first-order valence-electron chi connectivity index (χ1n) is 6.23. The normalized spacial score (nSPS) is 10.8. The molecule has 0 fully saturated rings. The molecule has 4 nitrogen and oxygen atoms in total. The van der Waals surface area contributed by atoms with Gasteiger partial charge in [0.05, 0.1) is 7.11 Å². The molecule has 0 saturated carbocycles. The Morgan fingerprint density at radius 1 is 1.35 bits per heavy atom. The minimum absolute atomic E-state index is 0.137. The van der Waals surface area contributed by atoms with E-state index in [2.05, 4.69) is 31.9 Å². The van der Waals surface area contributed by atoms with Crippen molar-refractivity contribution in [1.82, 2.24) is 9.88 Å². The second-order valence-electron chi connectivity index (χ2n) is 4.65. The number of ether oxygens (including phenoxy) is 1. The van der Waals surface area contributed by atoms with Gasteiger partial charge in [0.25, 0.3) is 0 Å². The van der Waals surface area contributed by atoms with Crippen molar-refractivity contribution in [2.75, 3.05) is 14.2 Å². The molecule has 0 unspecified atom stereocenters. The Balaban J connectivity index is 2.09. The average molecular weight is 337 g/mol. The lowest BCUT2D eigenvalue weighted by atomic mass is 10.2. The van der Waals surface area contributed by atoms with E-state index >= 15 is 0 Å². The molecule has 0 atom stereocenters. The van der Waals surface area contributed by atoms with Gasteiger partial charge in [0.2, 0.25) is 0 Å². The van der Waals surface area contributed by atoms with Crippen molar-refractivity contribution in [3.8, 4) is 11.5 Å². The van der Waals surface area contributed by atoms with E-state index in [-0.39, 0.29) is 5.75 Å². The maximum absolute atomic E-state index is 9.71. The van der Waals surface area contributed by atoms with E-state index in [1.54, 1.807) is 19.4 Å². The summed E-state index contributed by atoms with van der Waals surface area (Å²) in [6.45, 7) is 1.55. The fraction of sp³-hybridized carbons (Fsp3) is 0.267. The van der Waals surface area contributed by atoms with Gasteiger partial charge in [0.15, 0.2) is 11.5 Å². The van der Waals surface area contributed by atoms with Gasteiger partial charge in [0.1, 0.15) is 0 Å². The van der Waals surface area contributed by atoms with E-state index < -0.39 is 0 Å². The van der Waals surface area contributed by atoms with Crippen molar-refractivity contribution >= 4 is 15.9 Å². The summed E-state index contributed by atoms with van der Waals surface area (Å²) in [6.07, 6.45) is 3.63. The number of hydrogen-bond acceptors (Lipinski definition) is 4. The van der Waals surface area contributed by atoms with Gasteiger partial charge in [-0.15, -0.1) is 0 Å². The van der Waals surface area contributed by atoms with Crippen LogP contribution < -0.4 is 4.74 Å². The first kappa shape index (κ1) is 14.8. The SMILES string of the molecule is COc1cc(CN(C)Cc2cccnc2)c(Br)cc1O. The molecule has 5 heteroatoms. The molecular formula is C15H17BrN2O2. The fourth-order valence-corrected chi connectivity index (χ4v) is 2.48. The molecule has 2 aromatic rings. The number of benzene rings is 1. The number of methoxy groups -OCH3 is 1. The predicted molar refractivity (Wildman–Crippen MR) is 81.8 cm³/mol. The van der Waals surface area contributed by atoms with E-state index in [1.807, 2.05) is 25.4 Å². The number of hydrogen-bond donors (Lipinski definition) is 1. The Morgan fingerprint density at radius 3 is 2.80 bits per heavy atom. The zero-order valence-corrected chi connectivity index (χ0v) is 13.1. The van der Waals surface area contributed by atoms with Crippen molar-refractivity contribution < 1.29 is 9.84 Å². The number of rotatable bonds is 5. The van der Waals surface area contributed by atoms with Crippen LogP contribution in [0.3, 0.4) is 0 Å². The van der Waals surface area contributed by atoms with Gasteiger partial charge in [0, 0.05) is 30.0 Å². The van der Waals surface area contributed by atoms with Crippen molar-refractivity contribution in [3.05, 3.63) is 52.3 Å². The Bertz CT molecular complexity index is 576. The highest BCUT2D eigenvalue weighted by Crippen LogP contribution is 2.32. The minimum Gasteiger partial charge on any atom is -0.504 e. The van der Waals surface area contributed by atoms with Crippen LogP contribution in [0.5, 0.6) is 11.5 Å². The molecule has 1 heterocycles. The van der Waals surface area contributed by atoms with Crippen LogP contribution in [0.2, 0.25) is 0 Å². The smallest absolute Gasteiger partial charge is 0.160 e. The topological polar surface area (TPSA) is 45.6 Å². The molecule has 0 radical (unpaired) electrons. The summed E-state index contributed by atoms with van der Waals surface area (Å²) in [7, 11) is 3.59. The highest BCUT2D eigenvalue weighted by atomic mass is 79.9. The summed E-state index contributed by atoms with van der Waals surface area (Å²) in [4.78, 5) is 6.29. The van der Waals surface area contributed by atoms with Crippen molar-refractivity contribution in [1.29, 1.82) is 0 Å². The zero-order valence-electron chi connectivity index (χ0n) is 11.5. The van der Waals surface area contributed by atoms with Gasteiger partial charge in [-0.1, -0.05) is 22.0 Å². The Labute approximate surface area is 127 Å². The first-order chi connectivity index (χ1) is 9.60. The molecule has 0 aliphatic heterocycles. The van der Waals surface area contributed by atoms with Crippen LogP contribution in [-0.4, -0.2) is 29.1 Å². The van der Waals surface area contributed by atoms with Gasteiger partial charge < -0.3 is 9.84 Å². The summed E-state index contributed by atoms with van der Waals surface area (Å²) in [5.41, 5.74) is 2.22. The third kappa shape index (κ3) is 3.71. The summed E-state index contributed by atoms with van der Waals surface area (Å²) in [6, 6.07) is 7.49. The molecule has 1 aromatic heterocycles. The standard InChI is InChI=1S/C15H17BrN2O2/c1-18(9-11-4-3-5-17-8-11)10-12-6-15(20-2)14(19)7-13(12)16/h3-8,19H,9-10H2,1-2H3. The lowest BCUT2D eigenvalue weighted by molar-refractivity contribution is 0.316. The van der Waals surface area contributed by atoms with E-state index in [1.165, 1.54) is 0 Å². The summed E-state index contributed by atoms with van der Waals surface area (Å²) < 4.78 is 6.01. The number of phenols is 1. The maximum Gasteiger partial charge on any atom is 0.160 e. The van der Waals surface area contributed by atoms with Crippen molar-refractivity contribution in [3.63, 3.8) is 0 Å². The molecule has 0 aliphatic rings. The average Bonchev–Trinajstić information content (AvgIpc) is 2.43. The minimum atomic E-state index is 0.137. The molecule has 20 heavy (non-hydrogen) atoms. The second kappa shape index (κ2) is 6.72. The van der Waals surface area contributed by atoms with Gasteiger partial charge in [-0.3, -0.25) is 9.88 Å². The molecule has 0 amide bonds. The molecule has 0 saturated heterocycles. The van der Waals surface area contributed by atoms with Gasteiger partial charge in [-0.25, -0.2) is 0 Å². The van der Waals surface area contributed by atoms with Crippen LogP contribution in [0.25, 0.3) is 0 Å². The number of nitrogens with zero attached hydrogens (tertiary/aromatic N) is 2. The Morgan fingerprint density at radius 2 is 2.15 bits per heavy atom. The molecule has 0 bridgehead atoms. The van der Waals surface area contributed by atoms with Crippen LogP contribution in [0.1, 0.15) is 11.1 Å². The van der Waals surface area contributed by atoms with Gasteiger partial charge in [-0.05, 0) is 36.4 Å². The zero-order chi connectivity index (χ0) is 14.5. The van der Waals surface area contributed by atoms with Crippen LogP contribution in [0, 0.1) is 0 Å². The monoisotopic (exact) mass is 336 g/mol. The molecule has 0 spiro atoms. The van der Waals surface area contributed by atoms with E-state index in [9.17, 15) is 5.11 Å². The second-order valence-corrected chi connectivity index (χ2v) is 5.50. The van der Waals surface area contributed by atoms with Gasteiger partial charge in [-0.2, -0.15) is 0 Å². The maximum atomic E-state index is 9.71. The van der Waals surface area contributed by atoms with E-state index in [4.69, 9.17) is 4.74 Å². The molecule has 106 valence electrons. The first-order valence-corrected chi connectivity index (χ1v) is 7.02. The van der Waals surface area contributed by atoms with Crippen molar-refractivity contribution in [2.45, 2.75) is 13.1 Å². The lowest BCUT2D eigenvalue weighted by Gasteiger charge is -2.18. The Kier molecular flexibility index (Phi) is 4.98. The summed E-state index contributed by atoms with van der Waals surface area (Å²) in [5.74, 6) is 0.621. The summed E-state index contributed by atoms with van der Waals surface area (Å²) >= 11 is 3.47. The predicted octanol–water partition coefficient (Wildman–Crippen LogP) is 3.19. The largest absolute Gasteiger partial charge is 0.504 e. The molecule has 0 aliphatic carbocycles. The summed E-state index contributed by atoms with van der Waals surface area (Å²) in [5, 5.41) is 9.71. The fourth-order valence-electron chi connectivity index (χ4n) is 2.02.